The minimum absolute atomic E-state index is 0.281. The highest BCUT2D eigenvalue weighted by molar-refractivity contribution is 9.10. The van der Waals surface area contributed by atoms with Crippen LogP contribution in [-0.4, -0.2) is 24.2 Å². The Hall–Kier alpha value is -1.13. The molecule has 0 amide bonds. The molecule has 2 heterocycles. The van der Waals surface area contributed by atoms with E-state index >= 15 is 0 Å². The summed E-state index contributed by atoms with van der Waals surface area (Å²) in [5, 5.41) is 5.56. The number of ether oxygens (including phenoxy) is 1. The monoisotopic (exact) mass is 306 g/mol. The fraction of sp³-hybridized carbons (Fsp3) is 0.357. The smallest absolute Gasteiger partial charge is 0.221 e. The largest absolute Gasteiger partial charge is 0.474 e. The quantitative estimate of drug-likeness (QED) is 0.925. The fourth-order valence-corrected chi connectivity index (χ4v) is 2.81. The summed E-state index contributed by atoms with van der Waals surface area (Å²) in [7, 11) is 0. The number of halogens is 1. The van der Waals surface area contributed by atoms with Crippen molar-refractivity contribution in [1.29, 1.82) is 0 Å². The van der Waals surface area contributed by atoms with Crippen LogP contribution in [-0.2, 0) is 0 Å². The minimum atomic E-state index is 0.281. The van der Waals surface area contributed by atoms with Crippen molar-refractivity contribution in [2.45, 2.75) is 18.9 Å². The second-order valence-electron chi connectivity index (χ2n) is 4.52. The topological polar surface area (TPSA) is 34.1 Å². The van der Waals surface area contributed by atoms with Gasteiger partial charge in [0.15, 0.2) is 0 Å². The highest BCUT2D eigenvalue weighted by Gasteiger charge is 2.16. The van der Waals surface area contributed by atoms with Gasteiger partial charge in [-0.1, -0.05) is 22.0 Å². The standard InChI is InChI=1S/C14H15BrN2O/c15-13-3-1-2-12-11(13)6-9-17-14(12)18-10-4-7-16-8-5-10/h1-3,6,9-10,16H,4-5,7-8H2. The number of hydrogen-bond acceptors (Lipinski definition) is 3. The van der Waals surface area contributed by atoms with Crippen molar-refractivity contribution in [1.82, 2.24) is 10.3 Å². The van der Waals surface area contributed by atoms with Crippen molar-refractivity contribution < 1.29 is 4.74 Å². The third-order valence-electron chi connectivity index (χ3n) is 3.28. The lowest BCUT2D eigenvalue weighted by atomic mass is 10.1. The minimum Gasteiger partial charge on any atom is -0.474 e. The van der Waals surface area contributed by atoms with Gasteiger partial charge in [-0.3, -0.25) is 0 Å². The lowest BCUT2D eigenvalue weighted by molar-refractivity contribution is 0.158. The molecule has 1 saturated heterocycles. The molecule has 0 spiro atoms. The van der Waals surface area contributed by atoms with E-state index in [1.165, 1.54) is 0 Å². The van der Waals surface area contributed by atoms with Gasteiger partial charge in [0.2, 0.25) is 5.88 Å². The Labute approximate surface area is 115 Å². The van der Waals surface area contributed by atoms with E-state index in [9.17, 15) is 0 Å². The number of rotatable bonds is 2. The Kier molecular flexibility index (Phi) is 3.48. The van der Waals surface area contributed by atoms with Gasteiger partial charge >= 0.3 is 0 Å². The zero-order valence-corrected chi connectivity index (χ0v) is 11.6. The Morgan fingerprint density at radius 2 is 2.00 bits per heavy atom. The number of nitrogens with zero attached hydrogens (tertiary/aromatic N) is 1. The third kappa shape index (κ3) is 2.35. The van der Waals surface area contributed by atoms with E-state index in [1.54, 1.807) is 0 Å². The highest BCUT2D eigenvalue weighted by Crippen LogP contribution is 2.30. The van der Waals surface area contributed by atoms with Gasteiger partial charge in [-0.2, -0.15) is 0 Å². The molecule has 0 aliphatic carbocycles. The van der Waals surface area contributed by atoms with Crippen molar-refractivity contribution in [2.24, 2.45) is 0 Å². The number of piperidine rings is 1. The number of aromatic nitrogens is 1. The average molecular weight is 307 g/mol. The first kappa shape index (κ1) is 11.9. The van der Waals surface area contributed by atoms with Crippen LogP contribution in [0.2, 0.25) is 0 Å². The summed E-state index contributed by atoms with van der Waals surface area (Å²) in [5.41, 5.74) is 0. The van der Waals surface area contributed by atoms with Gasteiger partial charge in [0.05, 0.1) is 0 Å². The molecule has 1 N–H and O–H groups in total. The van der Waals surface area contributed by atoms with E-state index in [0.717, 1.165) is 47.1 Å². The Balaban J connectivity index is 1.93. The molecule has 2 aromatic rings. The molecule has 1 aliphatic heterocycles. The van der Waals surface area contributed by atoms with Gasteiger partial charge in [0.25, 0.3) is 0 Å². The second-order valence-corrected chi connectivity index (χ2v) is 5.37. The van der Waals surface area contributed by atoms with Crippen LogP contribution in [0.15, 0.2) is 34.9 Å². The lowest BCUT2D eigenvalue weighted by Crippen LogP contribution is -2.34. The Morgan fingerprint density at radius 1 is 1.17 bits per heavy atom. The Morgan fingerprint density at radius 3 is 2.83 bits per heavy atom. The van der Waals surface area contributed by atoms with E-state index in [4.69, 9.17) is 4.74 Å². The second kappa shape index (κ2) is 5.24. The molecule has 3 rings (SSSR count). The maximum atomic E-state index is 6.05. The Bertz CT molecular complexity index is 552. The van der Waals surface area contributed by atoms with Crippen molar-refractivity contribution in [3.05, 3.63) is 34.9 Å². The number of benzene rings is 1. The molecule has 1 aromatic carbocycles. The lowest BCUT2D eigenvalue weighted by Gasteiger charge is -2.23. The van der Waals surface area contributed by atoms with Crippen LogP contribution in [0, 0.1) is 0 Å². The number of nitrogens with one attached hydrogen (secondary N) is 1. The van der Waals surface area contributed by atoms with E-state index < -0.39 is 0 Å². The first-order valence-electron chi connectivity index (χ1n) is 6.25. The van der Waals surface area contributed by atoms with Crippen LogP contribution in [0.4, 0.5) is 0 Å². The van der Waals surface area contributed by atoms with Gasteiger partial charge < -0.3 is 10.1 Å². The summed E-state index contributed by atoms with van der Waals surface area (Å²) in [6.07, 6.45) is 4.19. The van der Waals surface area contributed by atoms with Crippen LogP contribution < -0.4 is 10.1 Å². The van der Waals surface area contributed by atoms with Crippen LogP contribution in [0.3, 0.4) is 0 Å². The molecule has 0 atom stereocenters. The summed E-state index contributed by atoms with van der Waals surface area (Å²) < 4.78 is 7.13. The maximum absolute atomic E-state index is 6.05. The molecule has 0 saturated carbocycles. The molecule has 0 bridgehead atoms. The average Bonchev–Trinajstić information content (AvgIpc) is 2.41. The third-order valence-corrected chi connectivity index (χ3v) is 3.97. The molecule has 3 nitrogen and oxygen atoms in total. The molecule has 94 valence electrons. The maximum Gasteiger partial charge on any atom is 0.221 e. The van der Waals surface area contributed by atoms with E-state index in [1.807, 2.05) is 24.4 Å². The molecule has 0 radical (unpaired) electrons. The van der Waals surface area contributed by atoms with Crippen LogP contribution in [0.1, 0.15) is 12.8 Å². The van der Waals surface area contributed by atoms with E-state index in [0.29, 0.717) is 0 Å². The van der Waals surface area contributed by atoms with Crippen LogP contribution in [0.5, 0.6) is 5.88 Å². The molecular formula is C14H15BrN2O. The number of pyridine rings is 1. The number of fused-ring (bicyclic) bond motifs is 1. The predicted octanol–water partition coefficient (Wildman–Crippen LogP) is 3.13. The summed E-state index contributed by atoms with van der Waals surface area (Å²) in [5.74, 6) is 0.751. The van der Waals surface area contributed by atoms with Gasteiger partial charge in [0, 0.05) is 21.4 Å². The van der Waals surface area contributed by atoms with Gasteiger partial charge in [-0.15, -0.1) is 0 Å². The van der Waals surface area contributed by atoms with Gasteiger partial charge in [0.1, 0.15) is 6.10 Å². The summed E-state index contributed by atoms with van der Waals surface area (Å²) in [6, 6.07) is 8.12. The zero-order chi connectivity index (χ0) is 12.4. The van der Waals surface area contributed by atoms with Crippen molar-refractivity contribution in [3.63, 3.8) is 0 Å². The molecule has 18 heavy (non-hydrogen) atoms. The molecule has 4 heteroatoms. The van der Waals surface area contributed by atoms with Crippen LogP contribution >= 0.6 is 15.9 Å². The summed E-state index contributed by atoms with van der Waals surface area (Å²) >= 11 is 3.56. The molecule has 1 aliphatic rings. The summed E-state index contributed by atoms with van der Waals surface area (Å²) in [4.78, 5) is 4.38. The van der Waals surface area contributed by atoms with E-state index in [2.05, 4.69) is 32.3 Å². The van der Waals surface area contributed by atoms with Gasteiger partial charge in [-0.25, -0.2) is 4.98 Å². The normalized spacial score (nSPS) is 16.9. The molecule has 1 fully saturated rings. The fourth-order valence-electron chi connectivity index (χ4n) is 2.31. The molecular weight excluding hydrogens is 292 g/mol. The number of hydrogen-bond donors (Lipinski definition) is 1. The molecule has 1 aromatic heterocycles. The van der Waals surface area contributed by atoms with Crippen LogP contribution in [0.25, 0.3) is 10.8 Å². The SMILES string of the molecule is Brc1cccc2c(OC3CCNCC3)nccc12. The molecule has 0 unspecified atom stereocenters. The van der Waals surface area contributed by atoms with Crippen molar-refractivity contribution >= 4 is 26.7 Å². The van der Waals surface area contributed by atoms with Crippen molar-refractivity contribution in [2.75, 3.05) is 13.1 Å². The first-order chi connectivity index (χ1) is 8.84. The first-order valence-corrected chi connectivity index (χ1v) is 7.04. The van der Waals surface area contributed by atoms with Crippen molar-refractivity contribution in [3.8, 4) is 5.88 Å². The predicted molar refractivity (Wildman–Crippen MR) is 76.0 cm³/mol. The zero-order valence-electron chi connectivity index (χ0n) is 10.0. The van der Waals surface area contributed by atoms with Gasteiger partial charge in [-0.05, 0) is 44.1 Å². The highest BCUT2D eigenvalue weighted by atomic mass is 79.9. The van der Waals surface area contributed by atoms with E-state index in [-0.39, 0.29) is 6.10 Å². The summed E-state index contributed by atoms with van der Waals surface area (Å²) in [6.45, 7) is 2.05.